The Balaban J connectivity index is 1.51. The minimum absolute atomic E-state index is 0.0750. The zero-order valence-corrected chi connectivity index (χ0v) is 14.0. The molecule has 1 saturated heterocycles. The number of hydrogen-bond acceptors (Lipinski definition) is 6. The van der Waals surface area contributed by atoms with Crippen molar-refractivity contribution in [3.63, 3.8) is 0 Å². The van der Waals surface area contributed by atoms with Crippen LogP contribution in [0.2, 0.25) is 0 Å². The summed E-state index contributed by atoms with van der Waals surface area (Å²) in [5, 5.41) is 6.52. The monoisotopic (exact) mass is 330 g/mol. The second-order valence-electron chi connectivity index (χ2n) is 5.81. The van der Waals surface area contributed by atoms with E-state index in [2.05, 4.69) is 26.3 Å². The SMILES string of the molecule is COc1ccccc1N1CCN(CC(=O)Nc2cc(C)on2)CC1. The number of anilines is 2. The number of amides is 1. The largest absolute Gasteiger partial charge is 0.495 e. The second-order valence-corrected chi connectivity index (χ2v) is 5.81. The van der Waals surface area contributed by atoms with E-state index in [1.54, 1.807) is 20.1 Å². The maximum Gasteiger partial charge on any atom is 0.239 e. The van der Waals surface area contributed by atoms with Crippen molar-refractivity contribution in [1.82, 2.24) is 10.1 Å². The molecule has 24 heavy (non-hydrogen) atoms. The molecule has 0 unspecified atom stereocenters. The lowest BCUT2D eigenvalue weighted by atomic mass is 10.2. The maximum atomic E-state index is 12.1. The Bertz CT molecular complexity index is 693. The highest BCUT2D eigenvalue weighted by molar-refractivity contribution is 5.91. The van der Waals surface area contributed by atoms with E-state index in [4.69, 9.17) is 9.26 Å². The Labute approximate surface area is 141 Å². The lowest BCUT2D eigenvalue weighted by Crippen LogP contribution is -2.48. The van der Waals surface area contributed by atoms with Crippen molar-refractivity contribution in [3.8, 4) is 5.75 Å². The molecule has 0 bridgehead atoms. The molecule has 0 spiro atoms. The Morgan fingerprint density at radius 3 is 2.71 bits per heavy atom. The van der Waals surface area contributed by atoms with Gasteiger partial charge in [-0.05, 0) is 19.1 Å². The molecule has 1 aromatic carbocycles. The van der Waals surface area contributed by atoms with Crippen LogP contribution in [0.4, 0.5) is 11.5 Å². The number of carbonyl (C=O) groups excluding carboxylic acids is 1. The number of piperazine rings is 1. The van der Waals surface area contributed by atoms with Gasteiger partial charge in [0.1, 0.15) is 11.5 Å². The summed E-state index contributed by atoms with van der Waals surface area (Å²) >= 11 is 0. The van der Waals surface area contributed by atoms with E-state index < -0.39 is 0 Å². The molecule has 1 aliphatic rings. The van der Waals surface area contributed by atoms with E-state index >= 15 is 0 Å². The minimum atomic E-state index is -0.0750. The van der Waals surface area contributed by atoms with Gasteiger partial charge in [-0.15, -0.1) is 0 Å². The van der Waals surface area contributed by atoms with Crippen molar-refractivity contribution in [2.75, 3.05) is 50.1 Å². The number of rotatable bonds is 5. The predicted octanol–water partition coefficient (Wildman–Crippen LogP) is 1.75. The van der Waals surface area contributed by atoms with Gasteiger partial charge in [-0.3, -0.25) is 9.69 Å². The summed E-state index contributed by atoms with van der Waals surface area (Å²) in [4.78, 5) is 16.5. The fourth-order valence-corrected chi connectivity index (χ4v) is 2.85. The van der Waals surface area contributed by atoms with Gasteiger partial charge in [-0.2, -0.15) is 0 Å². The van der Waals surface area contributed by atoms with Gasteiger partial charge in [-0.1, -0.05) is 17.3 Å². The zero-order valence-electron chi connectivity index (χ0n) is 14.0. The highest BCUT2D eigenvalue weighted by Crippen LogP contribution is 2.28. The summed E-state index contributed by atoms with van der Waals surface area (Å²) in [6.45, 7) is 5.51. The van der Waals surface area contributed by atoms with Crippen molar-refractivity contribution in [2.24, 2.45) is 0 Å². The van der Waals surface area contributed by atoms with E-state index in [0.717, 1.165) is 37.6 Å². The van der Waals surface area contributed by atoms with E-state index in [1.165, 1.54) is 0 Å². The molecule has 2 heterocycles. The van der Waals surface area contributed by atoms with Crippen LogP contribution in [-0.4, -0.2) is 55.8 Å². The van der Waals surface area contributed by atoms with Crippen LogP contribution >= 0.6 is 0 Å². The molecule has 1 N–H and O–H groups in total. The summed E-state index contributed by atoms with van der Waals surface area (Å²) < 4.78 is 10.4. The van der Waals surface area contributed by atoms with Crippen LogP contribution in [0.25, 0.3) is 0 Å². The van der Waals surface area contributed by atoms with Gasteiger partial charge in [0.05, 0.1) is 19.3 Å². The number of nitrogens with zero attached hydrogens (tertiary/aromatic N) is 3. The second kappa shape index (κ2) is 7.35. The summed E-state index contributed by atoms with van der Waals surface area (Å²) in [5.41, 5.74) is 1.10. The molecule has 0 saturated carbocycles. The van der Waals surface area contributed by atoms with Gasteiger partial charge in [-0.25, -0.2) is 0 Å². The van der Waals surface area contributed by atoms with Crippen LogP contribution in [0.5, 0.6) is 5.75 Å². The number of para-hydroxylation sites is 2. The normalized spacial score (nSPS) is 15.3. The number of carbonyl (C=O) groups is 1. The fraction of sp³-hybridized carbons (Fsp3) is 0.412. The Morgan fingerprint density at radius 1 is 1.29 bits per heavy atom. The van der Waals surface area contributed by atoms with Gasteiger partial charge in [0, 0.05) is 32.2 Å². The van der Waals surface area contributed by atoms with Gasteiger partial charge in [0.2, 0.25) is 5.91 Å². The van der Waals surface area contributed by atoms with Crippen molar-refractivity contribution >= 4 is 17.4 Å². The molecular formula is C17H22N4O3. The Morgan fingerprint density at radius 2 is 2.04 bits per heavy atom. The quantitative estimate of drug-likeness (QED) is 0.901. The van der Waals surface area contributed by atoms with Crippen molar-refractivity contribution in [2.45, 2.75) is 6.92 Å². The van der Waals surface area contributed by atoms with E-state index in [0.29, 0.717) is 18.1 Å². The Hall–Kier alpha value is -2.54. The summed E-state index contributed by atoms with van der Waals surface area (Å²) in [6, 6.07) is 9.72. The molecule has 2 aromatic rings. The van der Waals surface area contributed by atoms with Crippen LogP contribution in [0.1, 0.15) is 5.76 Å². The first-order chi connectivity index (χ1) is 11.7. The Kier molecular flexibility index (Phi) is 5.00. The lowest BCUT2D eigenvalue weighted by Gasteiger charge is -2.36. The van der Waals surface area contributed by atoms with Crippen LogP contribution in [0.3, 0.4) is 0 Å². The zero-order chi connectivity index (χ0) is 16.9. The third kappa shape index (κ3) is 3.86. The van der Waals surface area contributed by atoms with Gasteiger partial charge >= 0.3 is 0 Å². The van der Waals surface area contributed by atoms with Crippen LogP contribution < -0.4 is 15.0 Å². The fourth-order valence-electron chi connectivity index (χ4n) is 2.85. The molecule has 3 rings (SSSR count). The number of aryl methyl sites for hydroxylation is 1. The smallest absolute Gasteiger partial charge is 0.239 e. The molecule has 128 valence electrons. The van der Waals surface area contributed by atoms with Gasteiger partial charge < -0.3 is 19.5 Å². The first kappa shape index (κ1) is 16.3. The third-order valence-corrected chi connectivity index (χ3v) is 4.06. The highest BCUT2D eigenvalue weighted by Gasteiger charge is 2.21. The number of hydrogen-bond donors (Lipinski definition) is 1. The standard InChI is InChI=1S/C17H22N4O3/c1-13-11-16(19-24-13)18-17(22)12-20-7-9-21(10-8-20)14-5-3-4-6-15(14)23-2/h3-6,11H,7-10,12H2,1-2H3,(H,18,19,22). The minimum Gasteiger partial charge on any atom is -0.495 e. The number of ether oxygens (including phenoxy) is 1. The van der Waals surface area contributed by atoms with Crippen LogP contribution in [0, 0.1) is 6.92 Å². The number of methoxy groups -OCH3 is 1. The molecule has 7 heteroatoms. The number of nitrogens with one attached hydrogen (secondary N) is 1. The average molecular weight is 330 g/mol. The summed E-state index contributed by atoms with van der Waals surface area (Å²) in [6.07, 6.45) is 0. The van der Waals surface area contributed by atoms with Crippen molar-refractivity contribution in [3.05, 3.63) is 36.1 Å². The first-order valence-corrected chi connectivity index (χ1v) is 7.99. The maximum absolute atomic E-state index is 12.1. The average Bonchev–Trinajstić information content (AvgIpc) is 3.00. The molecule has 0 atom stereocenters. The molecule has 0 aliphatic carbocycles. The number of benzene rings is 1. The first-order valence-electron chi connectivity index (χ1n) is 7.99. The van der Waals surface area contributed by atoms with E-state index in [-0.39, 0.29) is 5.91 Å². The molecular weight excluding hydrogens is 308 g/mol. The van der Waals surface area contributed by atoms with Crippen LogP contribution in [-0.2, 0) is 4.79 Å². The predicted molar refractivity (Wildman–Crippen MR) is 91.5 cm³/mol. The van der Waals surface area contributed by atoms with E-state index in [9.17, 15) is 4.79 Å². The van der Waals surface area contributed by atoms with Crippen molar-refractivity contribution in [1.29, 1.82) is 0 Å². The topological polar surface area (TPSA) is 70.8 Å². The van der Waals surface area contributed by atoms with Crippen molar-refractivity contribution < 1.29 is 14.1 Å². The van der Waals surface area contributed by atoms with Gasteiger partial charge in [0.25, 0.3) is 0 Å². The lowest BCUT2D eigenvalue weighted by molar-refractivity contribution is -0.117. The van der Waals surface area contributed by atoms with Gasteiger partial charge in [0.15, 0.2) is 5.82 Å². The molecule has 0 radical (unpaired) electrons. The highest BCUT2D eigenvalue weighted by atomic mass is 16.5. The number of aromatic nitrogens is 1. The summed E-state index contributed by atoms with van der Waals surface area (Å²) in [7, 11) is 1.69. The molecule has 1 amide bonds. The third-order valence-electron chi connectivity index (χ3n) is 4.06. The molecule has 1 aromatic heterocycles. The molecule has 1 aliphatic heterocycles. The molecule has 7 nitrogen and oxygen atoms in total. The molecule has 1 fully saturated rings. The summed E-state index contributed by atoms with van der Waals surface area (Å²) in [5.74, 6) is 1.94. The van der Waals surface area contributed by atoms with Crippen LogP contribution in [0.15, 0.2) is 34.9 Å². The van der Waals surface area contributed by atoms with E-state index in [1.807, 2.05) is 18.2 Å².